The molecule has 5 aromatic rings. The van der Waals surface area contributed by atoms with Crippen LogP contribution < -0.4 is 0 Å². The minimum Gasteiger partial charge on any atom is -0.298 e. The first kappa shape index (κ1) is 34.5. The van der Waals surface area contributed by atoms with Crippen LogP contribution in [0, 0.1) is 59.2 Å². The molecule has 1 nitrogen and oxygen atoms in total. The molecule has 2 heteroatoms. The van der Waals surface area contributed by atoms with Crippen molar-refractivity contribution in [3.63, 3.8) is 0 Å². The Kier molecular flexibility index (Phi) is 8.79. The van der Waals surface area contributed by atoms with Crippen molar-refractivity contribution in [2.45, 2.75) is 74.5 Å². The molecule has 11 rings (SSSR count). The number of hydrogen-bond acceptors (Lipinski definition) is 1. The van der Waals surface area contributed by atoms with E-state index in [-0.39, 0.29) is 11.8 Å². The molecule has 0 N–H and O–H groups in total. The molecule has 0 radical (unpaired) electrons. The van der Waals surface area contributed by atoms with E-state index in [9.17, 15) is 0 Å². The molecule has 0 aromatic heterocycles. The monoisotopic (exact) mass is 784 g/mol. The maximum atomic E-state index is 15.3. The summed E-state index contributed by atoms with van der Waals surface area (Å²) in [4.78, 5) is 15.3. The van der Waals surface area contributed by atoms with E-state index < -0.39 is 0 Å². The first-order chi connectivity index (χ1) is 27.2. The average Bonchev–Trinajstić information content (AvgIpc) is 3.56. The van der Waals surface area contributed by atoms with E-state index in [1.807, 2.05) is 0 Å². The highest BCUT2D eigenvalue weighted by atomic mass is 79.9. The zero-order chi connectivity index (χ0) is 36.6. The molecule has 6 aliphatic carbocycles. The van der Waals surface area contributed by atoms with Crippen LogP contribution in [0.2, 0.25) is 0 Å². The van der Waals surface area contributed by atoms with Gasteiger partial charge < -0.3 is 0 Å². The van der Waals surface area contributed by atoms with Gasteiger partial charge in [0, 0.05) is 16.3 Å². The lowest BCUT2D eigenvalue weighted by atomic mass is 9.35. The number of rotatable bonds is 5. The molecule has 278 valence electrons. The number of carbonyl (C=O) groups excluding carboxylic acids is 1. The van der Waals surface area contributed by atoms with Gasteiger partial charge in [-0.05, 0) is 149 Å². The van der Waals surface area contributed by atoms with Gasteiger partial charge in [0.05, 0.1) is 0 Å². The molecule has 0 heterocycles. The number of halogens is 1. The summed E-state index contributed by atoms with van der Waals surface area (Å²) >= 11 is 3.91. The standard InChI is InChI=1S/C53H53BrO/c54-37-25-13-24-36(30-37)43-31-42(32-16-5-1-6-17-32)49-38-26-14-28-40-47(38)48-39(50(49)44(43)33-18-7-2-8-19-33)27-15-29-41(48)52-46(35-22-11-4-12-23-35)53(55)45(51(40)52)34-20-9-3-10-21-34/h1-13,16-25,30,38-52H,14-15,26-29,31H2. The normalized spacial score (nSPS) is 38.7. The summed E-state index contributed by atoms with van der Waals surface area (Å²) in [6, 6.07) is 55.1. The molecule has 15 atom stereocenters. The summed E-state index contributed by atoms with van der Waals surface area (Å²) < 4.78 is 1.19. The van der Waals surface area contributed by atoms with Crippen molar-refractivity contribution in [1.29, 1.82) is 0 Å². The van der Waals surface area contributed by atoms with E-state index in [1.165, 1.54) is 66.1 Å². The summed E-state index contributed by atoms with van der Waals surface area (Å²) in [6.07, 6.45) is 9.09. The molecule has 6 fully saturated rings. The fourth-order valence-corrected chi connectivity index (χ4v) is 15.9. The molecule has 15 unspecified atom stereocenters. The van der Waals surface area contributed by atoms with Crippen molar-refractivity contribution in [3.05, 3.63) is 178 Å². The molecule has 5 aromatic carbocycles. The second-order valence-corrected chi connectivity index (χ2v) is 19.4. The van der Waals surface area contributed by atoms with E-state index >= 15 is 4.79 Å². The molecular formula is C53H53BrO. The van der Waals surface area contributed by atoms with Crippen LogP contribution in [0.5, 0.6) is 0 Å². The predicted octanol–water partition coefficient (Wildman–Crippen LogP) is 13.2. The topological polar surface area (TPSA) is 17.1 Å². The number of ketones is 1. The Morgan fingerprint density at radius 3 is 1.35 bits per heavy atom. The summed E-state index contributed by atoms with van der Waals surface area (Å²) in [5.74, 6) is 8.13. The SMILES string of the molecule is O=C1C(c2ccccc2)C2C3CCCC4C5C(c6ccccc6)CC(c6cccc(Br)c6)C(c6ccccc6)C5C5CCCC(C2C1c1ccccc1)C5C43. The van der Waals surface area contributed by atoms with Gasteiger partial charge in [-0.2, -0.15) is 0 Å². The highest BCUT2D eigenvalue weighted by molar-refractivity contribution is 9.10. The van der Waals surface area contributed by atoms with Crippen LogP contribution in [0.3, 0.4) is 0 Å². The Morgan fingerprint density at radius 2 is 0.836 bits per heavy atom. The highest BCUT2D eigenvalue weighted by Gasteiger charge is 2.69. The van der Waals surface area contributed by atoms with E-state index in [2.05, 4.69) is 162 Å². The minimum atomic E-state index is 0.00182. The largest absolute Gasteiger partial charge is 0.298 e. The number of benzene rings is 5. The quantitative estimate of drug-likeness (QED) is 0.173. The molecule has 0 spiro atoms. The Morgan fingerprint density at radius 1 is 0.400 bits per heavy atom. The Hall–Kier alpha value is -3.75. The van der Waals surface area contributed by atoms with Gasteiger partial charge >= 0.3 is 0 Å². The summed E-state index contributed by atoms with van der Waals surface area (Å²) in [7, 11) is 0. The third-order valence-corrected chi connectivity index (χ3v) is 17.1. The van der Waals surface area contributed by atoms with Gasteiger partial charge in [0.15, 0.2) is 0 Å². The number of Topliss-reactive ketones (excluding diaryl/α,β-unsaturated/α-hetero) is 1. The van der Waals surface area contributed by atoms with E-state index in [0.29, 0.717) is 82.7 Å². The molecule has 6 saturated carbocycles. The van der Waals surface area contributed by atoms with Gasteiger partial charge in [-0.3, -0.25) is 4.79 Å². The van der Waals surface area contributed by atoms with Gasteiger partial charge in [-0.15, -0.1) is 0 Å². The predicted molar refractivity (Wildman–Crippen MR) is 226 cm³/mol. The second-order valence-electron chi connectivity index (χ2n) is 18.5. The van der Waals surface area contributed by atoms with Crippen molar-refractivity contribution < 1.29 is 4.79 Å². The molecule has 6 aliphatic rings. The average molecular weight is 786 g/mol. The van der Waals surface area contributed by atoms with Crippen LogP contribution >= 0.6 is 15.9 Å². The number of carbonyl (C=O) groups is 1. The minimum absolute atomic E-state index is 0.00182. The zero-order valence-electron chi connectivity index (χ0n) is 31.8. The summed E-state index contributed by atoms with van der Waals surface area (Å²) in [6.45, 7) is 0. The van der Waals surface area contributed by atoms with Gasteiger partial charge in [0.2, 0.25) is 0 Å². The lowest BCUT2D eigenvalue weighted by Crippen LogP contribution is -2.63. The van der Waals surface area contributed by atoms with Crippen molar-refractivity contribution in [1.82, 2.24) is 0 Å². The van der Waals surface area contributed by atoms with Gasteiger partial charge in [0.25, 0.3) is 0 Å². The molecular weight excluding hydrogens is 732 g/mol. The van der Waals surface area contributed by atoms with Crippen LogP contribution in [0.15, 0.2) is 150 Å². The Balaban J connectivity index is 1.12. The first-order valence-corrected chi connectivity index (χ1v) is 22.5. The van der Waals surface area contributed by atoms with Crippen LogP contribution in [0.1, 0.15) is 102 Å². The van der Waals surface area contributed by atoms with Gasteiger partial charge in [0.1, 0.15) is 5.78 Å². The lowest BCUT2D eigenvalue weighted by molar-refractivity contribution is -0.188. The first-order valence-electron chi connectivity index (χ1n) is 21.7. The molecule has 55 heavy (non-hydrogen) atoms. The van der Waals surface area contributed by atoms with Crippen molar-refractivity contribution in [2.24, 2.45) is 59.2 Å². The Labute approximate surface area is 336 Å². The molecule has 0 aliphatic heterocycles. The highest BCUT2D eigenvalue weighted by Crippen LogP contribution is 2.75. The molecule has 0 bridgehead atoms. The van der Waals surface area contributed by atoms with E-state index in [1.54, 1.807) is 11.1 Å². The third kappa shape index (κ3) is 5.47. The van der Waals surface area contributed by atoms with Crippen molar-refractivity contribution in [3.8, 4) is 0 Å². The van der Waals surface area contributed by atoms with Crippen molar-refractivity contribution in [2.75, 3.05) is 0 Å². The smallest absolute Gasteiger partial charge is 0.148 e. The van der Waals surface area contributed by atoms with Crippen molar-refractivity contribution >= 4 is 21.7 Å². The maximum absolute atomic E-state index is 15.3. The zero-order valence-corrected chi connectivity index (χ0v) is 33.3. The van der Waals surface area contributed by atoms with Gasteiger partial charge in [-0.1, -0.05) is 162 Å². The fraction of sp³-hybridized carbons (Fsp3) is 0.415. The maximum Gasteiger partial charge on any atom is 0.148 e. The van der Waals surface area contributed by atoms with E-state index in [4.69, 9.17) is 0 Å². The van der Waals surface area contributed by atoms with Crippen LogP contribution in [-0.2, 0) is 4.79 Å². The van der Waals surface area contributed by atoms with Crippen LogP contribution in [0.4, 0.5) is 0 Å². The summed E-state index contributed by atoms with van der Waals surface area (Å²) in [5, 5.41) is 0. The van der Waals surface area contributed by atoms with E-state index in [0.717, 1.165) is 0 Å². The molecule has 0 amide bonds. The van der Waals surface area contributed by atoms with Crippen LogP contribution in [0.25, 0.3) is 0 Å². The fourth-order valence-electron chi connectivity index (χ4n) is 15.5. The number of fused-ring (bicyclic) bond motifs is 6. The number of hydrogen-bond donors (Lipinski definition) is 0. The molecule has 0 saturated heterocycles. The van der Waals surface area contributed by atoms with Crippen LogP contribution in [-0.4, -0.2) is 5.78 Å². The third-order valence-electron chi connectivity index (χ3n) is 16.6. The van der Waals surface area contributed by atoms with Gasteiger partial charge in [-0.25, -0.2) is 0 Å². The summed E-state index contributed by atoms with van der Waals surface area (Å²) in [5.41, 5.74) is 7.18. The Bertz CT molecular complexity index is 2130. The second kappa shape index (κ2) is 14.0. The lowest BCUT2D eigenvalue weighted by Gasteiger charge is -2.69.